The van der Waals surface area contributed by atoms with E-state index in [9.17, 15) is 4.79 Å². The number of methoxy groups -OCH3 is 1. The molecule has 1 heterocycles. The van der Waals surface area contributed by atoms with E-state index >= 15 is 0 Å². The first kappa shape index (κ1) is 11.4. The summed E-state index contributed by atoms with van der Waals surface area (Å²) in [4.78, 5) is 11.1. The van der Waals surface area contributed by atoms with Crippen molar-refractivity contribution in [3.05, 3.63) is 16.0 Å². The third kappa shape index (κ3) is 2.44. The number of ether oxygens (including phenoxy) is 1. The number of carbonyl (C=O) groups excluding carboxylic acids is 1. The molecule has 1 aromatic rings. The molecule has 0 saturated carbocycles. The number of aromatic nitrogens is 2. The predicted octanol–water partition coefficient (Wildman–Crippen LogP) is 0.549. The van der Waals surface area contributed by atoms with Crippen molar-refractivity contribution in [2.45, 2.75) is 19.0 Å². The first-order valence-corrected chi connectivity index (χ1v) is 5.17. The van der Waals surface area contributed by atoms with Crippen LogP contribution in [0, 0.1) is 3.57 Å². The zero-order valence-electron chi connectivity index (χ0n) is 7.98. The average Bonchev–Trinajstić information content (AvgIpc) is 2.61. The van der Waals surface area contributed by atoms with E-state index in [4.69, 9.17) is 5.73 Å². The number of esters is 1. The Morgan fingerprint density at radius 1 is 1.79 bits per heavy atom. The monoisotopic (exact) mass is 309 g/mol. The highest BCUT2D eigenvalue weighted by Gasteiger charge is 2.23. The zero-order valence-corrected chi connectivity index (χ0v) is 10.1. The predicted molar refractivity (Wildman–Crippen MR) is 59.6 cm³/mol. The van der Waals surface area contributed by atoms with E-state index in [1.54, 1.807) is 10.9 Å². The second kappa shape index (κ2) is 4.74. The highest BCUT2D eigenvalue weighted by atomic mass is 127. The number of carbonyl (C=O) groups is 1. The molecular weight excluding hydrogens is 297 g/mol. The van der Waals surface area contributed by atoms with Gasteiger partial charge in [-0.3, -0.25) is 9.48 Å². The minimum absolute atomic E-state index is 0.203. The van der Waals surface area contributed by atoms with Crippen LogP contribution in [0.4, 0.5) is 0 Å². The fourth-order valence-electron chi connectivity index (χ4n) is 1.04. The number of halogens is 1. The largest absolute Gasteiger partial charge is 0.468 e. The molecule has 1 rings (SSSR count). The van der Waals surface area contributed by atoms with Crippen molar-refractivity contribution in [3.8, 4) is 0 Å². The summed E-state index contributed by atoms with van der Waals surface area (Å²) in [6, 6.07) is -0.887. The van der Waals surface area contributed by atoms with Crippen LogP contribution in [0.2, 0.25) is 0 Å². The smallest absolute Gasteiger partial charge is 0.324 e. The van der Waals surface area contributed by atoms with Gasteiger partial charge in [0.1, 0.15) is 6.04 Å². The van der Waals surface area contributed by atoms with E-state index in [2.05, 4.69) is 32.4 Å². The molecule has 78 valence electrons. The van der Waals surface area contributed by atoms with Gasteiger partial charge in [-0.05, 0) is 29.5 Å². The third-order valence-electron chi connectivity index (χ3n) is 1.98. The van der Waals surface area contributed by atoms with Crippen LogP contribution in [0.5, 0.6) is 0 Å². The van der Waals surface area contributed by atoms with Crippen molar-refractivity contribution in [1.29, 1.82) is 0 Å². The second-order valence-electron chi connectivity index (χ2n) is 2.93. The quantitative estimate of drug-likeness (QED) is 0.654. The van der Waals surface area contributed by atoms with Gasteiger partial charge < -0.3 is 10.5 Å². The Hall–Kier alpha value is -0.630. The Balaban J connectivity index is 2.74. The van der Waals surface area contributed by atoms with Crippen LogP contribution in [0.15, 0.2) is 12.4 Å². The molecule has 2 N–H and O–H groups in total. The minimum atomic E-state index is -0.685. The lowest BCUT2D eigenvalue weighted by molar-refractivity contribution is -0.143. The number of nitrogens with zero attached hydrogens (tertiary/aromatic N) is 2. The fourth-order valence-corrected chi connectivity index (χ4v) is 1.45. The Kier molecular flexibility index (Phi) is 3.87. The van der Waals surface area contributed by atoms with Crippen LogP contribution in [-0.2, 0) is 9.53 Å². The molecular formula is C8H12IN3O2. The van der Waals surface area contributed by atoms with E-state index in [1.165, 1.54) is 7.11 Å². The molecule has 0 saturated heterocycles. The molecule has 0 aliphatic carbocycles. The molecule has 2 atom stereocenters. The first-order valence-electron chi connectivity index (χ1n) is 4.09. The Morgan fingerprint density at radius 3 is 2.86 bits per heavy atom. The summed E-state index contributed by atoms with van der Waals surface area (Å²) in [6.07, 6.45) is 3.54. The second-order valence-corrected chi connectivity index (χ2v) is 4.17. The summed E-state index contributed by atoms with van der Waals surface area (Å²) in [6.45, 7) is 1.82. The van der Waals surface area contributed by atoms with Crippen LogP contribution < -0.4 is 5.73 Å². The van der Waals surface area contributed by atoms with Crippen LogP contribution in [0.25, 0.3) is 0 Å². The molecule has 5 nitrogen and oxygen atoms in total. The van der Waals surface area contributed by atoms with E-state index in [0.717, 1.165) is 3.57 Å². The lowest BCUT2D eigenvalue weighted by Gasteiger charge is -2.17. The van der Waals surface area contributed by atoms with Gasteiger partial charge in [0, 0.05) is 6.20 Å². The topological polar surface area (TPSA) is 70.1 Å². The van der Waals surface area contributed by atoms with E-state index in [0.29, 0.717) is 0 Å². The molecule has 0 aliphatic heterocycles. The Bertz CT molecular complexity index is 326. The van der Waals surface area contributed by atoms with Crippen LogP contribution in [0.1, 0.15) is 13.0 Å². The summed E-state index contributed by atoms with van der Waals surface area (Å²) in [7, 11) is 1.32. The summed E-state index contributed by atoms with van der Waals surface area (Å²) >= 11 is 2.14. The lowest BCUT2D eigenvalue weighted by atomic mass is 10.1. The summed E-state index contributed by atoms with van der Waals surface area (Å²) in [5, 5.41) is 4.07. The maximum Gasteiger partial charge on any atom is 0.324 e. The molecule has 0 spiro atoms. The highest BCUT2D eigenvalue weighted by molar-refractivity contribution is 14.1. The van der Waals surface area contributed by atoms with Crippen molar-refractivity contribution < 1.29 is 9.53 Å². The summed E-state index contributed by atoms with van der Waals surface area (Å²) < 4.78 is 7.22. The minimum Gasteiger partial charge on any atom is -0.468 e. The van der Waals surface area contributed by atoms with Gasteiger partial charge in [0.2, 0.25) is 0 Å². The normalized spacial score (nSPS) is 14.9. The lowest BCUT2D eigenvalue weighted by Crippen LogP contribution is -2.39. The average molecular weight is 309 g/mol. The summed E-state index contributed by atoms with van der Waals surface area (Å²) in [5.74, 6) is -0.428. The van der Waals surface area contributed by atoms with E-state index in [-0.39, 0.29) is 6.04 Å². The van der Waals surface area contributed by atoms with Crippen LogP contribution in [0.3, 0.4) is 0 Å². The number of hydrogen-bond acceptors (Lipinski definition) is 4. The van der Waals surface area contributed by atoms with Gasteiger partial charge >= 0.3 is 5.97 Å². The van der Waals surface area contributed by atoms with Crippen molar-refractivity contribution in [2.24, 2.45) is 5.73 Å². The molecule has 2 unspecified atom stereocenters. The molecule has 0 bridgehead atoms. The molecule has 6 heteroatoms. The van der Waals surface area contributed by atoms with E-state index < -0.39 is 12.0 Å². The van der Waals surface area contributed by atoms with Gasteiger partial charge in [-0.15, -0.1) is 0 Å². The zero-order chi connectivity index (χ0) is 10.7. The molecule has 0 aromatic carbocycles. The van der Waals surface area contributed by atoms with Crippen molar-refractivity contribution in [2.75, 3.05) is 7.11 Å². The van der Waals surface area contributed by atoms with Crippen molar-refractivity contribution in [1.82, 2.24) is 9.78 Å². The van der Waals surface area contributed by atoms with Crippen LogP contribution in [-0.4, -0.2) is 28.9 Å². The number of rotatable bonds is 3. The molecule has 0 fully saturated rings. The Labute approximate surface area is 95.7 Å². The Morgan fingerprint density at radius 2 is 2.43 bits per heavy atom. The van der Waals surface area contributed by atoms with Gasteiger partial charge in [0.25, 0.3) is 0 Å². The molecule has 1 aromatic heterocycles. The van der Waals surface area contributed by atoms with Gasteiger partial charge in [0.15, 0.2) is 0 Å². The van der Waals surface area contributed by atoms with Gasteiger partial charge in [0.05, 0.1) is 22.9 Å². The molecule has 0 amide bonds. The van der Waals surface area contributed by atoms with Gasteiger partial charge in [-0.2, -0.15) is 5.10 Å². The highest BCUT2D eigenvalue weighted by Crippen LogP contribution is 2.11. The van der Waals surface area contributed by atoms with Crippen LogP contribution >= 0.6 is 22.6 Å². The molecule has 14 heavy (non-hydrogen) atoms. The third-order valence-corrected chi connectivity index (χ3v) is 2.54. The number of hydrogen-bond donors (Lipinski definition) is 1. The van der Waals surface area contributed by atoms with Crippen molar-refractivity contribution in [3.63, 3.8) is 0 Å². The van der Waals surface area contributed by atoms with Gasteiger partial charge in [-0.25, -0.2) is 0 Å². The fraction of sp³-hybridized carbons (Fsp3) is 0.500. The summed E-state index contributed by atoms with van der Waals surface area (Å²) in [5.41, 5.74) is 5.67. The first-order chi connectivity index (χ1) is 6.56. The van der Waals surface area contributed by atoms with Crippen molar-refractivity contribution >= 4 is 28.6 Å². The SMILES string of the molecule is COC(=O)C(N)C(C)n1cc(I)cn1. The van der Waals surface area contributed by atoms with E-state index in [1.807, 2.05) is 13.1 Å². The maximum absolute atomic E-state index is 11.1. The molecule has 0 radical (unpaired) electrons. The standard InChI is InChI=1S/C8H12IN3O2/c1-5(7(10)8(13)14-2)12-4-6(9)3-11-12/h3-5,7H,10H2,1-2H3. The van der Waals surface area contributed by atoms with Gasteiger partial charge in [-0.1, -0.05) is 0 Å². The molecule has 0 aliphatic rings. The maximum atomic E-state index is 11.1. The number of nitrogens with two attached hydrogens (primary N) is 1.